The fraction of sp³-hybridized carbons (Fsp3) is 0.312. The summed E-state index contributed by atoms with van der Waals surface area (Å²) in [7, 11) is 5.65. The van der Waals surface area contributed by atoms with E-state index in [0.717, 1.165) is 22.8 Å². The van der Waals surface area contributed by atoms with E-state index in [1.54, 1.807) is 7.11 Å². The van der Waals surface area contributed by atoms with E-state index in [1.165, 1.54) is 0 Å². The number of rotatable bonds is 5. The number of nitrogens with zero attached hydrogens (tertiary/aromatic N) is 2. The third kappa shape index (κ3) is 3.20. The van der Waals surface area contributed by atoms with Gasteiger partial charge >= 0.3 is 0 Å². The largest absolute Gasteiger partial charge is 0.496 e. The minimum atomic E-state index is 0.151. The van der Waals surface area contributed by atoms with Gasteiger partial charge in [-0.2, -0.15) is 0 Å². The summed E-state index contributed by atoms with van der Waals surface area (Å²) in [5.74, 6) is 1.84. The third-order valence-corrected chi connectivity index (χ3v) is 3.19. The Morgan fingerprint density at radius 2 is 1.90 bits per heavy atom. The van der Waals surface area contributed by atoms with Gasteiger partial charge in [0.25, 0.3) is 0 Å². The van der Waals surface area contributed by atoms with Crippen molar-refractivity contribution >= 4 is 11.5 Å². The van der Waals surface area contributed by atoms with E-state index < -0.39 is 0 Å². The number of anilines is 2. The van der Waals surface area contributed by atoms with Crippen molar-refractivity contribution in [1.29, 1.82) is 0 Å². The zero-order valence-corrected chi connectivity index (χ0v) is 12.4. The molecule has 4 heteroatoms. The van der Waals surface area contributed by atoms with Crippen LogP contribution in [0.2, 0.25) is 0 Å². The highest BCUT2D eigenvalue weighted by atomic mass is 16.5. The van der Waals surface area contributed by atoms with E-state index in [4.69, 9.17) is 4.74 Å². The van der Waals surface area contributed by atoms with Gasteiger partial charge < -0.3 is 15.0 Å². The lowest BCUT2D eigenvalue weighted by Gasteiger charge is -2.19. The Morgan fingerprint density at radius 3 is 2.50 bits per heavy atom. The molecule has 20 heavy (non-hydrogen) atoms. The predicted octanol–water partition coefficient (Wildman–Crippen LogP) is 3.33. The summed E-state index contributed by atoms with van der Waals surface area (Å²) in [6.45, 7) is 2.11. The average molecular weight is 271 g/mol. The van der Waals surface area contributed by atoms with Crippen molar-refractivity contribution in [2.45, 2.75) is 13.0 Å². The Morgan fingerprint density at radius 1 is 1.15 bits per heavy atom. The van der Waals surface area contributed by atoms with E-state index in [2.05, 4.69) is 23.3 Å². The molecule has 1 N–H and O–H groups in total. The molecule has 0 aliphatic rings. The van der Waals surface area contributed by atoms with Crippen LogP contribution in [0, 0.1) is 0 Å². The minimum absolute atomic E-state index is 0.151. The lowest BCUT2D eigenvalue weighted by Crippen LogP contribution is -2.11. The number of nitrogens with one attached hydrogen (secondary N) is 1. The minimum Gasteiger partial charge on any atom is -0.496 e. The number of hydrogen-bond donors (Lipinski definition) is 1. The molecule has 0 bridgehead atoms. The summed E-state index contributed by atoms with van der Waals surface area (Å²) in [6, 6.07) is 12.2. The van der Waals surface area contributed by atoms with Crippen LogP contribution in [0.1, 0.15) is 18.5 Å². The maximum Gasteiger partial charge on any atom is 0.128 e. The molecule has 1 atom stereocenters. The van der Waals surface area contributed by atoms with Crippen LogP contribution < -0.4 is 15.0 Å². The number of ether oxygens (including phenoxy) is 1. The molecule has 4 nitrogen and oxygen atoms in total. The fourth-order valence-corrected chi connectivity index (χ4v) is 2.09. The van der Waals surface area contributed by atoms with Gasteiger partial charge in [-0.1, -0.05) is 18.2 Å². The lowest BCUT2D eigenvalue weighted by molar-refractivity contribution is 0.408. The first kappa shape index (κ1) is 14.2. The summed E-state index contributed by atoms with van der Waals surface area (Å²) >= 11 is 0. The Bertz CT molecular complexity index is 552. The molecule has 1 aromatic heterocycles. The summed E-state index contributed by atoms with van der Waals surface area (Å²) in [5.41, 5.74) is 2.13. The molecule has 1 aromatic carbocycles. The number of methoxy groups -OCH3 is 1. The van der Waals surface area contributed by atoms with Crippen LogP contribution in [-0.2, 0) is 0 Å². The van der Waals surface area contributed by atoms with Gasteiger partial charge in [0, 0.05) is 19.7 Å². The average Bonchev–Trinajstić information content (AvgIpc) is 2.47. The lowest BCUT2D eigenvalue weighted by atomic mass is 10.1. The van der Waals surface area contributed by atoms with Crippen molar-refractivity contribution in [3.8, 4) is 5.75 Å². The predicted molar refractivity (Wildman–Crippen MR) is 83.6 cm³/mol. The van der Waals surface area contributed by atoms with E-state index >= 15 is 0 Å². The summed E-state index contributed by atoms with van der Waals surface area (Å²) < 4.78 is 5.39. The van der Waals surface area contributed by atoms with Gasteiger partial charge in [-0.25, -0.2) is 4.98 Å². The van der Waals surface area contributed by atoms with Crippen LogP contribution in [-0.4, -0.2) is 26.2 Å². The molecule has 0 radical (unpaired) electrons. The highest BCUT2D eigenvalue weighted by Crippen LogP contribution is 2.27. The smallest absolute Gasteiger partial charge is 0.128 e. The number of benzene rings is 1. The van der Waals surface area contributed by atoms with Gasteiger partial charge in [0.15, 0.2) is 0 Å². The van der Waals surface area contributed by atoms with Crippen LogP contribution >= 0.6 is 0 Å². The van der Waals surface area contributed by atoms with Crippen molar-refractivity contribution in [3.63, 3.8) is 0 Å². The van der Waals surface area contributed by atoms with E-state index in [9.17, 15) is 0 Å². The molecule has 0 aliphatic heterocycles. The number of para-hydroxylation sites is 1. The first-order valence-electron chi connectivity index (χ1n) is 6.64. The third-order valence-electron chi connectivity index (χ3n) is 3.19. The molecule has 0 saturated carbocycles. The first-order valence-corrected chi connectivity index (χ1v) is 6.64. The van der Waals surface area contributed by atoms with Crippen molar-refractivity contribution in [2.24, 2.45) is 0 Å². The van der Waals surface area contributed by atoms with Gasteiger partial charge in [-0.3, -0.25) is 0 Å². The molecule has 0 fully saturated rings. The van der Waals surface area contributed by atoms with Crippen LogP contribution in [0.25, 0.3) is 0 Å². The molecule has 2 rings (SSSR count). The maximum atomic E-state index is 5.39. The Hall–Kier alpha value is -2.23. The van der Waals surface area contributed by atoms with Crippen molar-refractivity contribution in [2.75, 3.05) is 31.4 Å². The van der Waals surface area contributed by atoms with E-state index in [1.807, 2.05) is 55.5 Å². The standard InChI is InChI=1S/C16H21N3O/c1-12(14-7-5-6-8-15(14)20-4)18-13-9-10-16(17-11-13)19(2)3/h5-12,18H,1-4H3. The van der Waals surface area contributed by atoms with Gasteiger partial charge in [0.2, 0.25) is 0 Å². The van der Waals surface area contributed by atoms with E-state index in [0.29, 0.717) is 0 Å². The summed E-state index contributed by atoms with van der Waals surface area (Å²) in [5, 5.41) is 3.44. The topological polar surface area (TPSA) is 37.4 Å². The van der Waals surface area contributed by atoms with Gasteiger partial charge in [-0.15, -0.1) is 0 Å². The molecular weight excluding hydrogens is 250 g/mol. The highest BCUT2D eigenvalue weighted by Gasteiger charge is 2.10. The van der Waals surface area contributed by atoms with Crippen LogP contribution in [0.3, 0.4) is 0 Å². The number of pyridine rings is 1. The van der Waals surface area contributed by atoms with Crippen molar-refractivity contribution < 1.29 is 4.74 Å². The molecule has 0 spiro atoms. The Balaban J connectivity index is 2.13. The molecular formula is C16H21N3O. The highest BCUT2D eigenvalue weighted by molar-refractivity contribution is 5.50. The Kier molecular flexibility index (Phi) is 4.45. The Labute approximate surface area is 120 Å². The number of aromatic nitrogens is 1. The molecule has 106 valence electrons. The number of hydrogen-bond acceptors (Lipinski definition) is 4. The quantitative estimate of drug-likeness (QED) is 0.905. The van der Waals surface area contributed by atoms with E-state index in [-0.39, 0.29) is 6.04 Å². The second kappa shape index (κ2) is 6.28. The molecule has 1 unspecified atom stereocenters. The van der Waals surface area contributed by atoms with Gasteiger partial charge in [-0.05, 0) is 25.1 Å². The summed E-state index contributed by atoms with van der Waals surface area (Å²) in [4.78, 5) is 6.38. The fourth-order valence-electron chi connectivity index (χ4n) is 2.09. The molecule has 0 amide bonds. The SMILES string of the molecule is COc1ccccc1C(C)Nc1ccc(N(C)C)nc1. The second-order valence-corrected chi connectivity index (χ2v) is 4.91. The molecule has 0 saturated heterocycles. The normalized spacial score (nSPS) is 11.8. The zero-order valence-electron chi connectivity index (χ0n) is 12.4. The molecule has 1 heterocycles. The maximum absolute atomic E-state index is 5.39. The first-order chi connectivity index (χ1) is 9.61. The van der Waals surface area contributed by atoms with Gasteiger partial charge in [0.1, 0.15) is 11.6 Å². The van der Waals surface area contributed by atoms with Crippen LogP contribution in [0.4, 0.5) is 11.5 Å². The second-order valence-electron chi connectivity index (χ2n) is 4.91. The summed E-state index contributed by atoms with van der Waals surface area (Å²) in [6.07, 6.45) is 1.85. The molecule has 0 aliphatic carbocycles. The van der Waals surface area contributed by atoms with Crippen molar-refractivity contribution in [3.05, 3.63) is 48.2 Å². The van der Waals surface area contributed by atoms with Gasteiger partial charge in [0.05, 0.1) is 25.0 Å². The zero-order chi connectivity index (χ0) is 14.5. The molecule has 2 aromatic rings. The van der Waals surface area contributed by atoms with Crippen LogP contribution in [0.15, 0.2) is 42.6 Å². The monoisotopic (exact) mass is 271 g/mol. The van der Waals surface area contributed by atoms with Crippen LogP contribution in [0.5, 0.6) is 5.75 Å². The van der Waals surface area contributed by atoms with Crippen molar-refractivity contribution in [1.82, 2.24) is 4.98 Å².